The summed E-state index contributed by atoms with van der Waals surface area (Å²) in [5.74, 6) is 3.61. The fourth-order valence-corrected chi connectivity index (χ4v) is 3.63. The SMILES string of the molecule is CC(=O)CC[C@@H](C(C)C)[C@H]1[C@@H]2CCC(=O)[C@@H]21. The second kappa shape index (κ2) is 4.31. The number of hydrogen-bond donors (Lipinski definition) is 0. The molecule has 0 N–H and O–H groups in total. The van der Waals surface area contributed by atoms with Crippen LogP contribution in [0.25, 0.3) is 0 Å². The topological polar surface area (TPSA) is 34.1 Å². The van der Waals surface area contributed by atoms with E-state index in [9.17, 15) is 9.59 Å². The molecule has 0 radical (unpaired) electrons. The van der Waals surface area contributed by atoms with Crippen LogP contribution in [0.2, 0.25) is 0 Å². The minimum absolute atomic E-state index is 0.280. The molecule has 2 nitrogen and oxygen atoms in total. The van der Waals surface area contributed by atoms with E-state index in [1.165, 1.54) is 0 Å². The second-order valence-electron chi connectivity index (χ2n) is 5.92. The van der Waals surface area contributed by atoms with Crippen LogP contribution in [0.5, 0.6) is 0 Å². The van der Waals surface area contributed by atoms with Crippen LogP contribution in [0.1, 0.15) is 46.5 Å². The maximum atomic E-state index is 11.6. The van der Waals surface area contributed by atoms with E-state index in [0.29, 0.717) is 41.8 Å². The van der Waals surface area contributed by atoms with Crippen molar-refractivity contribution in [3.05, 3.63) is 0 Å². The standard InChI is InChI=1S/C14H22O2/c1-8(2)10(5-4-9(3)15)13-11-6-7-12(16)14(11)13/h8,10-11,13-14H,4-7H2,1-3H3/t10-,11-,13-,14+/m0/s1. The molecule has 2 saturated carbocycles. The second-order valence-corrected chi connectivity index (χ2v) is 5.92. The highest BCUT2D eigenvalue weighted by atomic mass is 16.1. The molecule has 2 heteroatoms. The van der Waals surface area contributed by atoms with Gasteiger partial charge in [-0.3, -0.25) is 4.79 Å². The highest BCUT2D eigenvalue weighted by Gasteiger charge is 2.60. The van der Waals surface area contributed by atoms with Crippen molar-refractivity contribution in [3.8, 4) is 0 Å². The van der Waals surface area contributed by atoms with Gasteiger partial charge in [0.15, 0.2) is 0 Å². The zero-order valence-corrected chi connectivity index (χ0v) is 10.5. The smallest absolute Gasteiger partial charge is 0.136 e. The minimum atomic E-state index is 0.280. The summed E-state index contributed by atoms with van der Waals surface area (Å²) in [5.41, 5.74) is 0. The van der Waals surface area contributed by atoms with Crippen molar-refractivity contribution in [1.82, 2.24) is 0 Å². The lowest BCUT2D eigenvalue weighted by atomic mass is 9.83. The minimum Gasteiger partial charge on any atom is -0.300 e. The maximum Gasteiger partial charge on any atom is 0.136 e. The molecule has 0 aromatic heterocycles. The number of rotatable bonds is 5. The third-order valence-electron chi connectivity index (χ3n) is 4.51. The van der Waals surface area contributed by atoms with Crippen molar-refractivity contribution >= 4 is 11.6 Å². The van der Waals surface area contributed by atoms with Crippen LogP contribution in [0.15, 0.2) is 0 Å². The lowest BCUT2D eigenvalue weighted by Crippen LogP contribution is -2.17. The Morgan fingerprint density at radius 3 is 2.56 bits per heavy atom. The molecule has 2 aliphatic carbocycles. The molecule has 0 aliphatic heterocycles. The van der Waals surface area contributed by atoms with Gasteiger partial charge in [0.05, 0.1) is 0 Å². The van der Waals surface area contributed by atoms with Gasteiger partial charge in [0.1, 0.15) is 11.6 Å². The summed E-state index contributed by atoms with van der Waals surface area (Å²) in [4.78, 5) is 22.7. The number of carbonyl (C=O) groups excluding carboxylic acids is 2. The Morgan fingerprint density at radius 2 is 2.12 bits per heavy atom. The molecule has 0 aromatic carbocycles. The summed E-state index contributed by atoms with van der Waals surface area (Å²) in [6.45, 7) is 6.11. The predicted octanol–water partition coefficient (Wildman–Crippen LogP) is 2.85. The van der Waals surface area contributed by atoms with Gasteiger partial charge in [0.2, 0.25) is 0 Å². The molecule has 4 atom stereocenters. The van der Waals surface area contributed by atoms with Gasteiger partial charge in [-0.25, -0.2) is 0 Å². The van der Waals surface area contributed by atoms with Gasteiger partial charge in [0.25, 0.3) is 0 Å². The zero-order chi connectivity index (χ0) is 11.9. The summed E-state index contributed by atoms with van der Waals surface area (Å²) >= 11 is 0. The van der Waals surface area contributed by atoms with E-state index in [1.54, 1.807) is 6.92 Å². The number of fused-ring (bicyclic) bond motifs is 1. The lowest BCUT2D eigenvalue weighted by molar-refractivity contribution is -0.119. The van der Waals surface area contributed by atoms with E-state index in [-0.39, 0.29) is 5.78 Å². The van der Waals surface area contributed by atoms with Crippen molar-refractivity contribution in [2.75, 3.05) is 0 Å². The Kier molecular flexibility index (Phi) is 3.18. The molecular weight excluding hydrogens is 200 g/mol. The molecule has 0 heterocycles. The van der Waals surface area contributed by atoms with Gasteiger partial charge in [0, 0.05) is 18.8 Å². The van der Waals surface area contributed by atoms with Crippen LogP contribution in [-0.2, 0) is 9.59 Å². The molecule has 0 aromatic rings. The maximum absolute atomic E-state index is 11.6. The van der Waals surface area contributed by atoms with E-state index < -0.39 is 0 Å². The highest BCUT2D eigenvalue weighted by Crippen LogP contribution is 2.60. The Balaban J connectivity index is 1.94. The average molecular weight is 222 g/mol. The predicted molar refractivity (Wildman–Crippen MR) is 63.0 cm³/mol. The largest absolute Gasteiger partial charge is 0.300 e. The van der Waals surface area contributed by atoms with Crippen molar-refractivity contribution < 1.29 is 9.59 Å². The molecule has 0 amide bonds. The van der Waals surface area contributed by atoms with Crippen LogP contribution >= 0.6 is 0 Å². The summed E-state index contributed by atoms with van der Waals surface area (Å²) in [5, 5.41) is 0. The highest BCUT2D eigenvalue weighted by molar-refractivity contribution is 5.87. The van der Waals surface area contributed by atoms with Gasteiger partial charge in [-0.2, -0.15) is 0 Å². The molecule has 90 valence electrons. The van der Waals surface area contributed by atoms with Gasteiger partial charge in [-0.15, -0.1) is 0 Å². The van der Waals surface area contributed by atoms with Crippen molar-refractivity contribution in [3.63, 3.8) is 0 Å². The van der Waals surface area contributed by atoms with E-state index >= 15 is 0 Å². The summed E-state index contributed by atoms with van der Waals surface area (Å²) in [7, 11) is 0. The van der Waals surface area contributed by atoms with Gasteiger partial charge < -0.3 is 4.79 Å². The van der Waals surface area contributed by atoms with Crippen LogP contribution in [0.3, 0.4) is 0 Å². The monoisotopic (exact) mass is 222 g/mol. The van der Waals surface area contributed by atoms with Gasteiger partial charge in [-0.05, 0) is 43.4 Å². The fraction of sp³-hybridized carbons (Fsp3) is 0.857. The molecule has 2 rings (SSSR count). The number of Topliss-reactive ketones (excluding diaryl/α,β-unsaturated/α-hetero) is 2. The first-order valence-electron chi connectivity index (χ1n) is 6.54. The first kappa shape index (κ1) is 11.8. The fourth-order valence-electron chi connectivity index (χ4n) is 3.63. The third-order valence-corrected chi connectivity index (χ3v) is 4.51. The molecule has 2 aliphatic rings. The molecular formula is C14H22O2. The van der Waals surface area contributed by atoms with Crippen LogP contribution < -0.4 is 0 Å². The molecule has 0 saturated heterocycles. The Bertz CT molecular complexity index is 306. The van der Waals surface area contributed by atoms with Crippen LogP contribution in [0, 0.1) is 29.6 Å². The first-order chi connectivity index (χ1) is 7.52. The Labute approximate surface area is 97.8 Å². The van der Waals surface area contributed by atoms with Gasteiger partial charge >= 0.3 is 0 Å². The molecule has 16 heavy (non-hydrogen) atoms. The lowest BCUT2D eigenvalue weighted by Gasteiger charge is -2.22. The van der Waals surface area contributed by atoms with E-state index in [0.717, 1.165) is 19.3 Å². The number of hydrogen-bond acceptors (Lipinski definition) is 2. The van der Waals surface area contributed by atoms with Crippen molar-refractivity contribution in [2.24, 2.45) is 29.6 Å². The van der Waals surface area contributed by atoms with Gasteiger partial charge in [-0.1, -0.05) is 13.8 Å². The molecule has 2 fully saturated rings. The normalized spacial score (nSPS) is 34.0. The summed E-state index contributed by atoms with van der Waals surface area (Å²) in [6.07, 6.45) is 3.59. The van der Waals surface area contributed by atoms with Crippen LogP contribution in [-0.4, -0.2) is 11.6 Å². The Hall–Kier alpha value is -0.660. The Morgan fingerprint density at radius 1 is 1.44 bits per heavy atom. The van der Waals surface area contributed by atoms with E-state index in [2.05, 4.69) is 13.8 Å². The summed E-state index contributed by atoms with van der Waals surface area (Å²) < 4.78 is 0. The molecule has 0 unspecified atom stereocenters. The number of ketones is 2. The summed E-state index contributed by atoms with van der Waals surface area (Å²) in [6, 6.07) is 0. The first-order valence-corrected chi connectivity index (χ1v) is 6.54. The van der Waals surface area contributed by atoms with Crippen LogP contribution in [0.4, 0.5) is 0 Å². The van der Waals surface area contributed by atoms with Crippen molar-refractivity contribution in [1.29, 1.82) is 0 Å². The molecule has 0 spiro atoms. The average Bonchev–Trinajstić information content (AvgIpc) is 2.75. The zero-order valence-electron chi connectivity index (χ0n) is 10.5. The van der Waals surface area contributed by atoms with Crippen molar-refractivity contribution in [2.45, 2.75) is 46.5 Å². The third kappa shape index (κ3) is 2.07. The molecule has 0 bridgehead atoms. The quantitative estimate of drug-likeness (QED) is 0.716. The van der Waals surface area contributed by atoms with E-state index in [4.69, 9.17) is 0 Å². The van der Waals surface area contributed by atoms with E-state index in [1.807, 2.05) is 0 Å². The number of carbonyl (C=O) groups is 2.